The first-order valence-electron chi connectivity index (χ1n) is 32.8. The monoisotopic (exact) mass is 1360 g/mol. The van der Waals surface area contributed by atoms with Crippen molar-refractivity contribution < 1.29 is 39.5 Å². The maximum absolute atomic E-state index is 15.7. The van der Waals surface area contributed by atoms with Gasteiger partial charge in [-0.25, -0.2) is 9.69 Å². The molecule has 0 atom stereocenters. The Hall–Kier alpha value is -12.3. The molecule has 12 aromatic carbocycles. The zero-order chi connectivity index (χ0) is 71.9. The van der Waals surface area contributed by atoms with E-state index in [0.717, 1.165) is 134 Å². The third kappa shape index (κ3) is 10.1. The van der Waals surface area contributed by atoms with Crippen molar-refractivity contribution in [3.8, 4) is 51.1 Å². The van der Waals surface area contributed by atoms with E-state index >= 15 is 13.2 Å². The molecule has 500 valence electrons. The lowest BCUT2D eigenvalue weighted by Crippen LogP contribution is -2.14. The van der Waals surface area contributed by atoms with Crippen LogP contribution in [0.5, 0.6) is 0 Å². The van der Waals surface area contributed by atoms with Gasteiger partial charge in [-0.3, -0.25) is 0 Å². The Morgan fingerprint density at radius 3 is 0.784 bits per heavy atom. The van der Waals surface area contributed by atoms with E-state index in [1.165, 1.54) is 28.8 Å². The maximum Gasteiger partial charge on any atom is 0.418 e. The molecule has 0 N–H and O–H groups in total. The fraction of sp³-hybridized carbons (Fsp3) is 0.128. The van der Waals surface area contributed by atoms with Gasteiger partial charge in [-0.1, -0.05) is 133 Å². The smallest absolute Gasteiger partial charge is 0.309 e. The second-order valence-corrected chi connectivity index (χ2v) is 26.1. The van der Waals surface area contributed by atoms with Crippen LogP contribution in [0.25, 0.3) is 142 Å². The van der Waals surface area contributed by atoms with Gasteiger partial charge in [0.25, 0.3) is 0 Å². The van der Waals surface area contributed by atoms with E-state index in [0.29, 0.717) is 33.4 Å². The van der Waals surface area contributed by atoms with Crippen LogP contribution in [0.15, 0.2) is 206 Å². The Labute approximate surface area is 579 Å². The summed E-state index contributed by atoms with van der Waals surface area (Å²) in [7, 11) is 0. The van der Waals surface area contributed by atoms with E-state index in [4.69, 9.17) is 13.1 Å². The lowest BCUT2D eigenvalue weighted by Gasteiger charge is -2.24. The number of alkyl halides is 9. The molecule has 7 nitrogen and oxygen atoms in total. The molecule has 4 heterocycles. The van der Waals surface area contributed by atoms with E-state index < -0.39 is 40.8 Å². The molecule has 0 bridgehead atoms. The molecule has 16 rings (SSSR count). The Kier molecular flexibility index (Phi) is 15.4. The van der Waals surface area contributed by atoms with Crippen LogP contribution in [0.1, 0.15) is 66.8 Å². The third-order valence-corrected chi connectivity index (χ3v) is 20.0. The lowest BCUT2D eigenvalue weighted by atomic mass is 9.93. The molecule has 16 heteroatoms. The van der Waals surface area contributed by atoms with Gasteiger partial charge < -0.3 is 18.3 Å². The number of aryl methyl sites for hydroxylation is 8. The van der Waals surface area contributed by atoms with Crippen molar-refractivity contribution in [3.63, 3.8) is 0 Å². The van der Waals surface area contributed by atoms with Crippen molar-refractivity contribution in [2.75, 3.05) is 0 Å². The van der Waals surface area contributed by atoms with Crippen LogP contribution in [0, 0.1) is 79.9 Å². The predicted molar refractivity (Wildman–Crippen MR) is 391 cm³/mol. The second kappa shape index (κ2) is 24.0. The van der Waals surface area contributed by atoms with Gasteiger partial charge >= 0.3 is 18.5 Å². The number of rotatable bonds is 6. The molecular formula is C86H58F9N7. The molecule has 0 fully saturated rings. The third-order valence-electron chi connectivity index (χ3n) is 20.0. The quantitative estimate of drug-likeness (QED) is 0.121. The first-order chi connectivity index (χ1) is 48.8. The van der Waals surface area contributed by atoms with Crippen LogP contribution in [0.4, 0.5) is 50.9 Å². The number of nitrogens with zero attached hydrogens (tertiary/aromatic N) is 7. The first-order valence-corrected chi connectivity index (χ1v) is 32.8. The Bertz CT molecular complexity index is 6180. The summed E-state index contributed by atoms with van der Waals surface area (Å²) in [6.07, 6.45) is -14.6. The van der Waals surface area contributed by atoms with Gasteiger partial charge in [-0.2, -0.15) is 44.8 Å². The Morgan fingerprint density at radius 1 is 0.294 bits per heavy atom. The SMILES string of the molecule is [C-]#[N+]c1cccc(C(F)(F)F)c1-c1cc(-n2c3cccc(C)c3c3c(C)cccc32)c(C#N)cc1-n1c2cccc(C)c2c2c(C)cccc21.[C-]#[N+]c1cccc(C(F)(F)F)c1-c1cc(-n2c3cccc(C)c3c3c(C)cccc32)c(C(F)(F)F)cc1-n1c2cccc(C)c2c2c(C)cccc21. The second-order valence-electron chi connectivity index (χ2n) is 26.1. The van der Waals surface area contributed by atoms with Gasteiger partial charge in [-0.15, -0.1) is 0 Å². The molecule has 4 aromatic heterocycles. The summed E-state index contributed by atoms with van der Waals surface area (Å²) in [6.45, 7) is 31.6. The van der Waals surface area contributed by atoms with Gasteiger partial charge in [0, 0.05) is 54.2 Å². The zero-order valence-electron chi connectivity index (χ0n) is 56.2. The summed E-state index contributed by atoms with van der Waals surface area (Å²) >= 11 is 0. The fourth-order valence-corrected chi connectivity index (χ4v) is 15.8. The minimum absolute atomic E-state index is 0.123. The maximum atomic E-state index is 15.7. The van der Waals surface area contributed by atoms with Crippen LogP contribution in [0.2, 0.25) is 0 Å². The lowest BCUT2D eigenvalue weighted by molar-refractivity contribution is -0.138. The average molecular weight is 1360 g/mol. The number of benzene rings is 12. The summed E-state index contributed by atoms with van der Waals surface area (Å²) < 4.78 is 144. The van der Waals surface area contributed by atoms with E-state index in [9.17, 15) is 31.6 Å². The molecule has 16 aromatic rings. The summed E-state index contributed by atoms with van der Waals surface area (Å²) in [5, 5.41) is 17.9. The summed E-state index contributed by atoms with van der Waals surface area (Å²) in [5.74, 6) is 0. The first kappa shape index (κ1) is 65.6. The standard InChI is InChI=1S/C43H29F6N3.C43H29F3N4/c1-23-11-6-17-31-37(23)38-24(2)12-7-18-32(38)51(31)35-22-29(43(47,48)49)36(21-27(35)41-28(42(44,45)46)15-10-16-30(41)50-5)52-33-19-8-13-25(3)39(33)40-26(4)14-9-20-34(40)52;1-24-11-6-17-32-38(24)39-25(2)12-7-18-33(39)49(32)36-22-29(42-30(43(44,45)46)15-10-16-31(42)48-5)37(21-28(36)23-47)50-34-19-8-13-26(3)40(34)41-27(4)14-9-20-35(41)50/h6-22H,1-4H3;6-22H,1-4H3. The summed E-state index contributed by atoms with van der Waals surface area (Å²) in [5.41, 5.74) is 9.28. The molecule has 0 aliphatic rings. The molecule has 0 radical (unpaired) electrons. The minimum atomic E-state index is -4.93. The molecule has 0 saturated carbocycles. The van der Waals surface area contributed by atoms with Crippen molar-refractivity contribution in [1.29, 1.82) is 5.26 Å². The fourth-order valence-electron chi connectivity index (χ4n) is 15.8. The summed E-state index contributed by atoms with van der Waals surface area (Å²) in [4.78, 5) is 7.12. The van der Waals surface area contributed by atoms with Crippen LogP contribution in [-0.4, -0.2) is 18.3 Å². The molecular weight excluding hydrogens is 1300 g/mol. The number of fused-ring (bicyclic) bond motifs is 12. The molecule has 0 saturated heterocycles. The average Bonchev–Trinajstić information content (AvgIpc) is 1.53. The van der Waals surface area contributed by atoms with Gasteiger partial charge in [0.1, 0.15) is 6.07 Å². The zero-order valence-corrected chi connectivity index (χ0v) is 56.2. The van der Waals surface area contributed by atoms with Gasteiger partial charge in [0.15, 0.2) is 11.4 Å². The highest BCUT2D eigenvalue weighted by Crippen LogP contribution is 2.53. The van der Waals surface area contributed by atoms with Gasteiger partial charge in [0.05, 0.1) is 102 Å². The van der Waals surface area contributed by atoms with Crippen molar-refractivity contribution >= 4 is 98.6 Å². The van der Waals surface area contributed by atoms with Crippen LogP contribution < -0.4 is 0 Å². The summed E-state index contributed by atoms with van der Waals surface area (Å²) in [6, 6.07) is 60.2. The molecule has 0 unspecified atom stereocenters. The van der Waals surface area contributed by atoms with Crippen molar-refractivity contribution in [2.45, 2.75) is 73.9 Å². The van der Waals surface area contributed by atoms with Crippen LogP contribution in [0.3, 0.4) is 0 Å². The molecule has 0 spiro atoms. The number of hydrogen-bond acceptors (Lipinski definition) is 1. The van der Waals surface area contributed by atoms with Crippen molar-refractivity contribution in [3.05, 3.63) is 296 Å². The van der Waals surface area contributed by atoms with Crippen LogP contribution >= 0.6 is 0 Å². The molecule has 102 heavy (non-hydrogen) atoms. The highest BCUT2D eigenvalue weighted by molar-refractivity contribution is 6.17. The van der Waals surface area contributed by atoms with E-state index in [1.807, 2.05) is 162 Å². The number of halogens is 9. The molecule has 0 aliphatic carbocycles. The highest BCUT2D eigenvalue weighted by atomic mass is 19.4. The Balaban J connectivity index is 0.000000165. The van der Waals surface area contributed by atoms with Crippen molar-refractivity contribution in [1.82, 2.24) is 18.3 Å². The predicted octanol–water partition coefficient (Wildman–Crippen LogP) is 25.6. The molecule has 0 aliphatic heterocycles. The minimum Gasteiger partial charge on any atom is -0.309 e. The largest absolute Gasteiger partial charge is 0.418 e. The number of aromatic nitrogens is 4. The van der Waals surface area contributed by atoms with E-state index in [-0.39, 0.29) is 45.0 Å². The van der Waals surface area contributed by atoms with Crippen LogP contribution in [-0.2, 0) is 18.5 Å². The number of nitriles is 1. The highest BCUT2D eigenvalue weighted by Gasteiger charge is 2.41. The van der Waals surface area contributed by atoms with Gasteiger partial charge in [-0.05, 0) is 184 Å². The Morgan fingerprint density at radius 2 is 0.529 bits per heavy atom. The normalized spacial score (nSPS) is 12.1. The van der Waals surface area contributed by atoms with E-state index in [2.05, 4.69) is 15.8 Å². The van der Waals surface area contributed by atoms with Crippen molar-refractivity contribution in [2.24, 2.45) is 0 Å². The topological polar surface area (TPSA) is 52.2 Å². The van der Waals surface area contributed by atoms with E-state index in [1.54, 1.807) is 65.2 Å². The molecule has 0 amide bonds. The number of hydrogen-bond donors (Lipinski definition) is 0. The van der Waals surface area contributed by atoms with Gasteiger partial charge in [0.2, 0.25) is 0 Å².